The van der Waals surface area contributed by atoms with Crippen molar-refractivity contribution >= 4 is 35.1 Å². The van der Waals surface area contributed by atoms with Gasteiger partial charge in [0.2, 0.25) is 0 Å². The highest BCUT2D eigenvalue weighted by atomic mass is 35.5. The molecule has 6 heteroatoms. The third-order valence-electron chi connectivity index (χ3n) is 4.13. The van der Waals surface area contributed by atoms with Crippen LogP contribution < -0.4 is 10.1 Å². The van der Waals surface area contributed by atoms with E-state index in [9.17, 15) is 9.59 Å². The SMILES string of the molecule is N#CCOc1ccc(C(=O)/C=C/c2cccc(NC(=O)c3ccccc3Cl)c2)cc1. The fraction of sp³-hybridized carbons (Fsp3) is 0.0417. The van der Waals surface area contributed by atoms with E-state index in [0.29, 0.717) is 27.6 Å². The van der Waals surface area contributed by atoms with Gasteiger partial charge in [-0.3, -0.25) is 9.59 Å². The lowest BCUT2D eigenvalue weighted by Gasteiger charge is -2.07. The van der Waals surface area contributed by atoms with E-state index in [-0.39, 0.29) is 18.3 Å². The summed E-state index contributed by atoms with van der Waals surface area (Å²) < 4.78 is 5.17. The minimum absolute atomic E-state index is 0.0451. The third-order valence-corrected chi connectivity index (χ3v) is 4.46. The molecule has 30 heavy (non-hydrogen) atoms. The highest BCUT2D eigenvalue weighted by Gasteiger charge is 2.09. The van der Waals surface area contributed by atoms with E-state index >= 15 is 0 Å². The molecule has 1 amide bonds. The fourth-order valence-electron chi connectivity index (χ4n) is 2.66. The molecule has 3 rings (SSSR count). The van der Waals surface area contributed by atoms with Gasteiger partial charge in [0.1, 0.15) is 11.8 Å². The number of ether oxygens (including phenoxy) is 1. The van der Waals surface area contributed by atoms with Crippen LogP contribution in [0.3, 0.4) is 0 Å². The van der Waals surface area contributed by atoms with Gasteiger partial charge < -0.3 is 10.1 Å². The standard InChI is InChI=1S/C24H17ClN2O3/c25-22-7-2-1-6-21(22)24(29)27-19-5-3-4-17(16-19)8-13-23(28)18-9-11-20(12-10-18)30-15-14-26/h1-13,16H,15H2,(H,27,29)/b13-8+. The quantitative estimate of drug-likeness (QED) is 0.413. The number of benzene rings is 3. The number of hydrogen-bond donors (Lipinski definition) is 1. The molecule has 0 saturated heterocycles. The molecule has 0 aliphatic heterocycles. The van der Waals surface area contributed by atoms with Crippen molar-refractivity contribution in [2.45, 2.75) is 0 Å². The van der Waals surface area contributed by atoms with Crippen molar-refractivity contribution in [1.29, 1.82) is 5.26 Å². The summed E-state index contributed by atoms with van der Waals surface area (Å²) in [5, 5.41) is 11.7. The monoisotopic (exact) mass is 416 g/mol. The Morgan fingerprint density at radius 1 is 1.03 bits per heavy atom. The van der Waals surface area contributed by atoms with E-state index in [1.54, 1.807) is 72.8 Å². The van der Waals surface area contributed by atoms with E-state index in [2.05, 4.69) is 5.32 Å². The van der Waals surface area contributed by atoms with Gasteiger partial charge in [-0.25, -0.2) is 0 Å². The maximum Gasteiger partial charge on any atom is 0.257 e. The summed E-state index contributed by atoms with van der Waals surface area (Å²) in [6.45, 7) is -0.0451. The topological polar surface area (TPSA) is 79.2 Å². The summed E-state index contributed by atoms with van der Waals surface area (Å²) in [5.74, 6) is 0.0443. The normalized spacial score (nSPS) is 10.4. The second-order valence-electron chi connectivity index (χ2n) is 6.23. The van der Waals surface area contributed by atoms with Crippen molar-refractivity contribution in [3.05, 3.63) is 101 Å². The van der Waals surface area contributed by atoms with Gasteiger partial charge >= 0.3 is 0 Å². The number of nitrogens with zero attached hydrogens (tertiary/aromatic N) is 1. The van der Waals surface area contributed by atoms with Gasteiger partial charge in [0.15, 0.2) is 12.4 Å². The van der Waals surface area contributed by atoms with Crippen LogP contribution in [0.1, 0.15) is 26.3 Å². The first-order valence-electron chi connectivity index (χ1n) is 9.05. The first kappa shape index (κ1) is 20.8. The maximum atomic E-state index is 12.4. The zero-order chi connectivity index (χ0) is 21.3. The molecule has 148 valence electrons. The van der Waals surface area contributed by atoms with Crippen LogP contribution >= 0.6 is 11.6 Å². The smallest absolute Gasteiger partial charge is 0.257 e. The van der Waals surface area contributed by atoms with Gasteiger partial charge in [-0.1, -0.05) is 41.9 Å². The predicted octanol–water partition coefficient (Wildman–Crippen LogP) is 5.39. The van der Waals surface area contributed by atoms with Gasteiger partial charge in [-0.15, -0.1) is 0 Å². The Morgan fingerprint density at radius 2 is 1.80 bits per heavy atom. The minimum Gasteiger partial charge on any atom is -0.479 e. The van der Waals surface area contributed by atoms with Crippen LogP contribution in [0.15, 0.2) is 78.9 Å². The maximum absolute atomic E-state index is 12.4. The van der Waals surface area contributed by atoms with Crippen LogP contribution in [0.5, 0.6) is 5.75 Å². The number of halogens is 1. The Bertz CT molecular complexity index is 1130. The number of ketones is 1. The lowest BCUT2D eigenvalue weighted by atomic mass is 10.1. The molecule has 1 N–H and O–H groups in total. The van der Waals surface area contributed by atoms with Crippen molar-refractivity contribution in [3.8, 4) is 11.8 Å². The summed E-state index contributed by atoms with van der Waals surface area (Å²) in [6, 6.07) is 22.4. The molecule has 3 aromatic rings. The summed E-state index contributed by atoms with van der Waals surface area (Å²) >= 11 is 6.06. The number of allylic oxidation sites excluding steroid dienone is 1. The van der Waals surface area contributed by atoms with E-state index in [1.807, 2.05) is 12.1 Å². The molecule has 0 bridgehead atoms. The van der Waals surface area contributed by atoms with Crippen molar-refractivity contribution in [2.75, 3.05) is 11.9 Å². The number of amides is 1. The first-order chi connectivity index (χ1) is 14.6. The Morgan fingerprint density at radius 3 is 2.53 bits per heavy atom. The lowest BCUT2D eigenvalue weighted by Crippen LogP contribution is -2.12. The molecule has 0 saturated carbocycles. The fourth-order valence-corrected chi connectivity index (χ4v) is 2.88. The number of nitrogens with one attached hydrogen (secondary N) is 1. The molecule has 3 aromatic carbocycles. The molecule has 0 spiro atoms. The molecule has 0 aromatic heterocycles. The van der Waals surface area contributed by atoms with Crippen LogP contribution in [-0.4, -0.2) is 18.3 Å². The van der Waals surface area contributed by atoms with Crippen molar-refractivity contribution in [1.82, 2.24) is 0 Å². The van der Waals surface area contributed by atoms with Crippen molar-refractivity contribution < 1.29 is 14.3 Å². The van der Waals surface area contributed by atoms with Gasteiger partial charge in [-0.05, 0) is 60.2 Å². The molecule has 0 fully saturated rings. The van der Waals surface area contributed by atoms with E-state index in [0.717, 1.165) is 5.56 Å². The van der Waals surface area contributed by atoms with Gasteiger partial charge in [-0.2, -0.15) is 5.26 Å². The average Bonchev–Trinajstić information content (AvgIpc) is 2.77. The molecule has 0 radical (unpaired) electrons. The second-order valence-corrected chi connectivity index (χ2v) is 6.64. The van der Waals surface area contributed by atoms with E-state index < -0.39 is 0 Å². The van der Waals surface area contributed by atoms with Crippen molar-refractivity contribution in [2.24, 2.45) is 0 Å². The highest BCUT2D eigenvalue weighted by molar-refractivity contribution is 6.34. The van der Waals surface area contributed by atoms with Gasteiger partial charge in [0.25, 0.3) is 5.91 Å². The van der Waals surface area contributed by atoms with Crippen LogP contribution in [0.2, 0.25) is 5.02 Å². The van der Waals surface area contributed by atoms with Crippen LogP contribution in [0, 0.1) is 11.3 Å². The molecule has 5 nitrogen and oxygen atoms in total. The first-order valence-corrected chi connectivity index (χ1v) is 9.43. The van der Waals surface area contributed by atoms with Crippen LogP contribution in [0.25, 0.3) is 6.08 Å². The van der Waals surface area contributed by atoms with Gasteiger partial charge in [0.05, 0.1) is 10.6 Å². The Labute approximate surface area is 179 Å². The summed E-state index contributed by atoms with van der Waals surface area (Å²) in [4.78, 5) is 24.8. The molecule has 0 aliphatic rings. The Kier molecular flexibility index (Phi) is 6.99. The largest absolute Gasteiger partial charge is 0.479 e. The zero-order valence-corrected chi connectivity index (χ0v) is 16.6. The number of hydrogen-bond acceptors (Lipinski definition) is 4. The number of carbonyl (C=O) groups is 2. The average molecular weight is 417 g/mol. The molecule has 0 unspecified atom stereocenters. The second kappa shape index (κ2) is 10.1. The molecule has 0 atom stereocenters. The summed E-state index contributed by atoms with van der Waals surface area (Å²) in [5.41, 5.74) is 2.24. The molecule has 0 aliphatic carbocycles. The predicted molar refractivity (Wildman–Crippen MR) is 117 cm³/mol. The van der Waals surface area contributed by atoms with E-state index in [4.69, 9.17) is 21.6 Å². The summed E-state index contributed by atoms with van der Waals surface area (Å²) in [7, 11) is 0. The zero-order valence-electron chi connectivity index (χ0n) is 15.8. The number of rotatable bonds is 7. The summed E-state index contributed by atoms with van der Waals surface area (Å²) in [6.07, 6.45) is 3.13. The number of nitriles is 1. The Hall–Kier alpha value is -3.88. The van der Waals surface area contributed by atoms with Crippen molar-refractivity contribution in [3.63, 3.8) is 0 Å². The minimum atomic E-state index is -0.309. The molecular formula is C24H17ClN2O3. The Balaban J connectivity index is 1.66. The molecular weight excluding hydrogens is 400 g/mol. The highest BCUT2D eigenvalue weighted by Crippen LogP contribution is 2.19. The number of anilines is 1. The van der Waals surface area contributed by atoms with Gasteiger partial charge in [0, 0.05) is 11.3 Å². The molecule has 0 heterocycles. The van der Waals surface area contributed by atoms with Crippen LogP contribution in [0.4, 0.5) is 5.69 Å². The van der Waals surface area contributed by atoms with E-state index in [1.165, 1.54) is 6.08 Å². The van der Waals surface area contributed by atoms with Crippen LogP contribution in [-0.2, 0) is 0 Å². The lowest BCUT2D eigenvalue weighted by molar-refractivity contribution is 0.102. The third kappa shape index (κ3) is 5.57. The number of carbonyl (C=O) groups excluding carboxylic acids is 2.